The second-order valence-corrected chi connectivity index (χ2v) is 4.59. The fourth-order valence-corrected chi connectivity index (χ4v) is 1.93. The molecule has 0 aliphatic rings. The van der Waals surface area contributed by atoms with Crippen LogP contribution in [0.2, 0.25) is 5.15 Å². The molecule has 1 heterocycles. The lowest BCUT2D eigenvalue weighted by Crippen LogP contribution is -2.02. The van der Waals surface area contributed by atoms with E-state index in [0.717, 1.165) is 0 Å². The number of pyridine rings is 1. The smallest absolute Gasteiger partial charge is 0.131 e. The molecule has 1 unspecified atom stereocenters. The zero-order valence-corrected chi connectivity index (χ0v) is 9.14. The third kappa shape index (κ3) is 3.18. The van der Waals surface area contributed by atoms with E-state index in [1.165, 1.54) is 17.8 Å². The Labute approximate surface area is 91.7 Å². The third-order valence-electron chi connectivity index (χ3n) is 1.48. The first-order valence-electron chi connectivity index (χ1n) is 4.01. The summed E-state index contributed by atoms with van der Waals surface area (Å²) in [6.07, 6.45) is 0. The van der Waals surface area contributed by atoms with Gasteiger partial charge in [-0.1, -0.05) is 18.5 Å². The molecular formula is C9H9ClN2OS. The fraction of sp³-hybridized carbons (Fsp3) is 0.333. The van der Waals surface area contributed by atoms with Gasteiger partial charge in [-0.05, 0) is 12.1 Å². The number of nitriles is 1. The molecule has 1 aromatic rings. The summed E-state index contributed by atoms with van der Waals surface area (Å²) in [6.45, 7) is 1.94. The predicted molar refractivity (Wildman–Crippen MR) is 56.4 cm³/mol. The number of aliphatic hydroxyl groups excluding tert-OH is 1. The molecule has 0 fully saturated rings. The second kappa shape index (κ2) is 5.20. The predicted octanol–water partition coefficient (Wildman–Crippen LogP) is 2.08. The van der Waals surface area contributed by atoms with Crippen LogP contribution in [0.25, 0.3) is 0 Å². The molecule has 1 aromatic heterocycles. The van der Waals surface area contributed by atoms with Crippen LogP contribution in [0.3, 0.4) is 0 Å². The Morgan fingerprint density at radius 3 is 3.00 bits per heavy atom. The minimum atomic E-state index is 0.0486. The summed E-state index contributed by atoms with van der Waals surface area (Å²) in [5, 5.41) is 18.5. The molecule has 0 aliphatic carbocycles. The van der Waals surface area contributed by atoms with E-state index in [4.69, 9.17) is 22.0 Å². The molecular weight excluding hydrogens is 220 g/mol. The van der Waals surface area contributed by atoms with Crippen molar-refractivity contribution < 1.29 is 5.11 Å². The maximum absolute atomic E-state index is 8.85. The van der Waals surface area contributed by atoms with Crippen LogP contribution in [0.4, 0.5) is 0 Å². The van der Waals surface area contributed by atoms with Gasteiger partial charge in [0, 0.05) is 5.25 Å². The molecule has 1 atom stereocenters. The molecule has 0 spiro atoms. The Hall–Kier alpha value is -0.760. The van der Waals surface area contributed by atoms with Gasteiger partial charge < -0.3 is 5.11 Å². The van der Waals surface area contributed by atoms with E-state index in [1.54, 1.807) is 6.07 Å². The molecule has 0 amide bonds. The monoisotopic (exact) mass is 228 g/mol. The molecule has 0 aliphatic heterocycles. The summed E-state index contributed by atoms with van der Waals surface area (Å²) in [4.78, 5) is 4.04. The van der Waals surface area contributed by atoms with Gasteiger partial charge in [-0.25, -0.2) is 4.98 Å². The Balaban J connectivity index is 2.88. The number of nitrogens with zero attached hydrogens (tertiary/aromatic N) is 2. The van der Waals surface area contributed by atoms with Crippen LogP contribution < -0.4 is 0 Å². The average molecular weight is 229 g/mol. The number of aromatic nitrogens is 1. The van der Waals surface area contributed by atoms with Crippen LogP contribution in [-0.2, 0) is 0 Å². The zero-order valence-electron chi connectivity index (χ0n) is 7.57. The number of hydrogen-bond donors (Lipinski definition) is 1. The van der Waals surface area contributed by atoms with Gasteiger partial charge in [0.2, 0.25) is 0 Å². The highest BCUT2D eigenvalue weighted by Gasteiger charge is 2.06. The van der Waals surface area contributed by atoms with Crippen molar-refractivity contribution in [3.63, 3.8) is 0 Å². The van der Waals surface area contributed by atoms with Crippen molar-refractivity contribution in [1.82, 2.24) is 4.98 Å². The van der Waals surface area contributed by atoms with Gasteiger partial charge in [0.15, 0.2) is 0 Å². The molecule has 0 aromatic carbocycles. The van der Waals surface area contributed by atoms with Gasteiger partial charge in [0.1, 0.15) is 5.15 Å². The summed E-state index contributed by atoms with van der Waals surface area (Å²) in [5.41, 5.74) is 0.484. The molecule has 0 saturated carbocycles. The van der Waals surface area contributed by atoms with E-state index in [1.807, 2.05) is 13.0 Å². The van der Waals surface area contributed by atoms with E-state index in [0.29, 0.717) is 15.7 Å². The highest BCUT2D eigenvalue weighted by atomic mass is 35.5. The van der Waals surface area contributed by atoms with Gasteiger partial charge in [-0.3, -0.25) is 0 Å². The molecule has 1 N–H and O–H groups in total. The Kier molecular flexibility index (Phi) is 4.21. The SMILES string of the molecule is CC(CO)Sc1cc(C#N)cc(Cl)n1. The molecule has 5 heteroatoms. The highest BCUT2D eigenvalue weighted by Crippen LogP contribution is 2.23. The van der Waals surface area contributed by atoms with Crippen LogP contribution in [-0.4, -0.2) is 21.9 Å². The minimum absolute atomic E-state index is 0.0486. The van der Waals surface area contributed by atoms with E-state index in [9.17, 15) is 0 Å². The number of aliphatic hydroxyl groups is 1. The van der Waals surface area contributed by atoms with Crippen LogP contribution >= 0.6 is 23.4 Å². The lowest BCUT2D eigenvalue weighted by molar-refractivity contribution is 0.300. The van der Waals surface area contributed by atoms with Crippen LogP contribution in [0.1, 0.15) is 12.5 Å². The lowest BCUT2D eigenvalue weighted by atomic mass is 10.3. The lowest BCUT2D eigenvalue weighted by Gasteiger charge is -2.06. The summed E-state index contributed by atoms with van der Waals surface area (Å²) < 4.78 is 0. The largest absolute Gasteiger partial charge is 0.395 e. The summed E-state index contributed by atoms with van der Waals surface area (Å²) in [5.74, 6) is 0. The number of rotatable bonds is 3. The summed E-state index contributed by atoms with van der Waals surface area (Å²) in [7, 11) is 0. The van der Waals surface area contributed by atoms with Crippen molar-refractivity contribution in [2.45, 2.75) is 17.2 Å². The van der Waals surface area contributed by atoms with Gasteiger partial charge in [0.05, 0.1) is 23.3 Å². The van der Waals surface area contributed by atoms with Crippen molar-refractivity contribution in [1.29, 1.82) is 5.26 Å². The fourth-order valence-electron chi connectivity index (χ4n) is 0.841. The number of halogens is 1. The molecule has 3 nitrogen and oxygen atoms in total. The normalized spacial score (nSPS) is 12.1. The van der Waals surface area contributed by atoms with E-state index in [2.05, 4.69) is 4.98 Å². The topological polar surface area (TPSA) is 56.9 Å². The summed E-state index contributed by atoms with van der Waals surface area (Å²) in [6, 6.07) is 5.16. The second-order valence-electron chi connectivity index (χ2n) is 2.74. The van der Waals surface area contributed by atoms with E-state index < -0.39 is 0 Å². The average Bonchev–Trinajstić information content (AvgIpc) is 2.16. The third-order valence-corrected chi connectivity index (χ3v) is 2.67. The van der Waals surface area contributed by atoms with Crippen LogP contribution in [0.15, 0.2) is 17.2 Å². The maximum atomic E-state index is 8.85. The molecule has 0 saturated heterocycles. The molecule has 0 radical (unpaired) electrons. The first-order chi connectivity index (χ1) is 6.65. The minimum Gasteiger partial charge on any atom is -0.395 e. The van der Waals surface area contributed by atoms with E-state index >= 15 is 0 Å². The Morgan fingerprint density at radius 2 is 2.43 bits per heavy atom. The van der Waals surface area contributed by atoms with Gasteiger partial charge >= 0.3 is 0 Å². The summed E-state index contributed by atoms with van der Waals surface area (Å²) >= 11 is 7.11. The number of hydrogen-bond acceptors (Lipinski definition) is 4. The maximum Gasteiger partial charge on any atom is 0.131 e. The van der Waals surface area contributed by atoms with Crippen molar-refractivity contribution in [2.24, 2.45) is 0 Å². The van der Waals surface area contributed by atoms with Crippen molar-refractivity contribution in [3.05, 3.63) is 22.8 Å². The standard InChI is InChI=1S/C9H9ClN2OS/c1-6(5-13)14-9-3-7(4-11)2-8(10)12-9/h2-3,6,13H,5H2,1H3. The van der Waals surface area contributed by atoms with Crippen LogP contribution in [0, 0.1) is 11.3 Å². The molecule has 1 rings (SSSR count). The van der Waals surface area contributed by atoms with Crippen molar-refractivity contribution in [3.8, 4) is 6.07 Å². The quantitative estimate of drug-likeness (QED) is 0.636. The van der Waals surface area contributed by atoms with Crippen molar-refractivity contribution >= 4 is 23.4 Å². The van der Waals surface area contributed by atoms with Gasteiger partial charge in [-0.15, -0.1) is 11.8 Å². The zero-order chi connectivity index (χ0) is 10.6. The molecule has 74 valence electrons. The van der Waals surface area contributed by atoms with Gasteiger partial charge in [-0.2, -0.15) is 5.26 Å². The Morgan fingerprint density at radius 1 is 1.71 bits per heavy atom. The highest BCUT2D eigenvalue weighted by molar-refractivity contribution is 7.99. The van der Waals surface area contributed by atoms with Crippen molar-refractivity contribution in [2.75, 3.05) is 6.61 Å². The first-order valence-corrected chi connectivity index (χ1v) is 5.26. The molecule has 14 heavy (non-hydrogen) atoms. The Bertz CT molecular complexity index is 364. The number of thioether (sulfide) groups is 1. The molecule has 0 bridgehead atoms. The van der Waals surface area contributed by atoms with Gasteiger partial charge in [0.25, 0.3) is 0 Å². The van der Waals surface area contributed by atoms with Crippen LogP contribution in [0.5, 0.6) is 0 Å². The van der Waals surface area contributed by atoms with E-state index in [-0.39, 0.29) is 11.9 Å². The first kappa shape index (κ1) is 11.3.